The maximum absolute atomic E-state index is 13.8. The van der Waals surface area contributed by atoms with Gasteiger partial charge in [-0.1, -0.05) is 59.5 Å². The third-order valence-electron chi connectivity index (χ3n) is 9.60. The van der Waals surface area contributed by atoms with E-state index in [1.165, 1.54) is 21.2 Å². The lowest BCUT2D eigenvalue weighted by Crippen LogP contribution is -2.61. The molecule has 0 radical (unpaired) electrons. The number of benzene rings is 3. The molecule has 5 aliphatic rings. The van der Waals surface area contributed by atoms with Gasteiger partial charge in [0.15, 0.2) is 10.1 Å². The van der Waals surface area contributed by atoms with Crippen molar-refractivity contribution in [3.8, 4) is 5.75 Å². The predicted octanol–water partition coefficient (Wildman–Crippen LogP) is 7.72. The Morgan fingerprint density at radius 2 is 1.51 bits per heavy atom. The fraction of sp³-hybridized carbons (Fsp3) is 0.389. The lowest BCUT2D eigenvalue weighted by atomic mass is 9.48. The Bertz CT molecular complexity index is 2100. The van der Waals surface area contributed by atoms with Crippen molar-refractivity contribution in [2.24, 2.45) is 17.3 Å². The van der Waals surface area contributed by atoms with E-state index in [0.29, 0.717) is 19.3 Å². The summed E-state index contributed by atoms with van der Waals surface area (Å²) in [5.74, 6) is -1.90. The molecule has 51 heavy (non-hydrogen) atoms. The van der Waals surface area contributed by atoms with Crippen molar-refractivity contribution in [3.05, 3.63) is 105 Å². The zero-order valence-corrected chi connectivity index (χ0v) is 28.8. The van der Waals surface area contributed by atoms with Crippen LogP contribution in [0.3, 0.4) is 0 Å². The van der Waals surface area contributed by atoms with Crippen molar-refractivity contribution in [1.29, 1.82) is 0 Å². The molecule has 3 aromatic carbocycles. The number of fused-ring (bicyclic) bond motifs is 2. The minimum absolute atomic E-state index is 0.0228. The van der Waals surface area contributed by atoms with Crippen molar-refractivity contribution in [2.75, 3.05) is 0 Å². The van der Waals surface area contributed by atoms with Crippen molar-refractivity contribution < 1.29 is 54.0 Å². The van der Waals surface area contributed by atoms with Crippen LogP contribution >= 0.6 is 10.5 Å². The third kappa shape index (κ3) is 7.12. The Morgan fingerprint density at radius 1 is 0.922 bits per heavy atom. The summed E-state index contributed by atoms with van der Waals surface area (Å²) in [6.45, 7) is 4.86. The number of hydrogen-bond acceptors (Lipinski definition) is 7. The fourth-order valence-electron chi connectivity index (χ4n) is 7.96. The molecule has 4 fully saturated rings. The Labute approximate surface area is 292 Å². The van der Waals surface area contributed by atoms with Gasteiger partial charge in [0, 0.05) is 29.0 Å². The van der Waals surface area contributed by atoms with Crippen molar-refractivity contribution in [3.63, 3.8) is 0 Å². The Balaban J connectivity index is 0.000000191. The van der Waals surface area contributed by atoms with Crippen LogP contribution < -0.4 is 5.43 Å². The van der Waals surface area contributed by atoms with E-state index in [4.69, 9.17) is 9.16 Å². The van der Waals surface area contributed by atoms with Crippen LogP contribution in [0.4, 0.5) is 22.0 Å². The molecule has 3 aromatic rings. The molecule has 0 saturated heterocycles. The maximum Gasteiger partial charge on any atom is 0.432 e. The highest BCUT2D eigenvalue weighted by atomic mass is 32.2. The van der Waals surface area contributed by atoms with Gasteiger partial charge in [-0.2, -0.15) is 22.0 Å². The summed E-state index contributed by atoms with van der Waals surface area (Å²) in [5.41, 5.74) is -1.80. The molecule has 15 heteroatoms. The molecular formula is C36H33F5O8S2. The first kappa shape index (κ1) is 36.8. The third-order valence-corrected chi connectivity index (χ3v) is 12.8. The van der Waals surface area contributed by atoms with Crippen molar-refractivity contribution in [2.45, 2.75) is 78.4 Å². The van der Waals surface area contributed by atoms with Gasteiger partial charge in [-0.05, 0) is 75.1 Å². The first-order valence-electron chi connectivity index (χ1n) is 16.0. The molecule has 272 valence electrons. The number of para-hydroxylation sites is 2. The van der Waals surface area contributed by atoms with Crippen LogP contribution in [0.2, 0.25) is 0 Å². The maximum atomic E-state index is 13.8. The van der Waals surface area contributed by atoms with Crippen LogP contribution in [0.15, 0.2) is 105 Å². The first-order valence-corrected chi connectivity index (χ1v) is 18.6. The second-order valence-electron chi connectivity index (χ2n) is 13.6. The van der Waals surface area contributed by atoms with E-state index >= 15 is 0 Å². The molecule has 4 aliphatic carbocycles. The molecule has 1 aliphatic heterocycles. The number of esters is 2. The van der Waals surface area contributed by atoms with Crippen LogP contribution in [-0.2, 0) is 29.2 Å². The van der Waals surface area contributed by atoms with Crippen LogP contribution in [0.5, 0.6) is 5.75 Å². The Morgan fingerprint density at radius 3 is 2.12 bits per heavy atom. The number of halogens is 5. The number of ether oxygens (including phenoxy) is 2. The predicted molar refractivity (Wildman–Crippen MR) is 175 cm³/mol. The van der Waals surface area contributed by atoms with E-state index in [2.05, 4.69) is 65.9 Å². The molecule has 4 atom stereocenters. The van der Waals surface area contributed by atoms with Crippen LogP contribution in [0, 0.1) is 21.8 Å². The number of carbonyl (C=O) groups excluding carboxylic acids is 2. The SMILES string of the molecule is C=C(C)C(=O)OC12CC3CC(C1)CC(C(=O)OC(C(F)(F)F)C(F)(F)S(=O)(=O)[O-])(C3)C2.c1ccc(S2=c3ccccc3=[O+]c3ccccc32)cc1. The smallest absolute Gasteiger partial charge is 0.432 e. The van der Waals surface area contributed by atoms with Gasteiger partial charge in [0.25, 0.3) is 6.10 Å². The summed E-state index contributed by atoms with van der Waals surface area (Å²) in [6, 6.07) is 27.3. The lowest BCUT2D eigenvalue weighted by molar-refractivity contribution is -0.269. The van der Waals surface area contributed by atoms with Crippen LogP contribution in [0.1, 0.15) is 45.4 Å². The summed E-state index contributed by atoms with van der Waals surface area (Å²) in [4.78, 5) is 27.4. The summed E-state index contributed by atoms with van der Waals surface area (Å²) >= 11 is 0. The van der Waals surface area contributed by atoms with Crippen LogP contribution in [0.25, 0.3) is 0 Å². The van der Waals surface area contributed by atoms with Gasteiger partial charge in [0.2, 0.25) is 0 Å². The Hall–Kier alpha value is -3.95. The van der Waals surface area contributed by atoms with Gasteiger partial charge in [-0.25, -0.2) is 17.6 Å². The highest BCUT2D eigenvalue weighted by Crippen LogP contribution is 2.63. The summed E-state index contributed by atoms with van der Waals surface area (Å²) in [6.07, 6.45) is -9.33. The fourth-order valence-corrected chi connectivity index (χ4v) is 10.6. The largest absolute Gasteiger partial charge is 0.743 e. The number of alkyl halides is 5. The highest BCUT2D eigenvalue weighted by Gasteiger charge is 2.67. The van der Waals surface area contributed by atoms with Gasteiger partial charge >= 0.3 is 34.5 Å². The molecule has 1 heterocycles. The van der Waals surface area contributed by atoms with E-state index in [-0.39, 0.29) is 47.2 Å². The second kappa shape index (κ2) is 13.2. The molecule has 0 N–H and O–H groups in total. The number of hydrogen-bond donors (Lipinski definition) is 0. The summed E-state index contributed by atoms with van der Waals surface area (Å²) < 4.78 is 116. The van der Waals surface area contributed by atoms with E-state index in [1.807, 2.05) is 24.3 Å². The summed E-state index contributed by atoms with van der Waals surface area (Å²) in [5, 5.41) is -5.91. The minimum Gasteiger partial charge on any atom is -0.743 e. The van der Waals surface area contributed by atoms with Gasteiger partial charge in [0.1, 0.15) is 15.0 Å². The second-order valence-corrected chi connectivity index (χ2v) is 17.0. The molecule has 0 spiro atoms. The molecule has 4 unspecified atom stereocenters. The van der Waals surface area contributed by atoms with E-state index in [9.17, 15) is 44.5 Å². The molecule has 0 amide bonds. The van der Waals surface area contributed by atoms with Gasteiger partial charge < -0.3 is 14.0 Å². The van der Waals surface area contributed by atoms with E-state index in [0.717, 1.165) is 11.2 Å². The number of carbonyl (C=O) groups is 2. The number of rotatable bonds is 7. The van der Waals surface area contributed by atoms with E-state index in [1.54, 1.807) is 0 Å². The van der Waals surface area contributed by atoms with E-state index < -0.39 is 50.6 Å². The highest BCUT2D eigenvalue weighted by molar-refractivity contribution is 8.09. The Kier molecular flexibility index (Phi) is 9.55. The van der Waals surface area contributed by atoms with Gasteiger partial charge in [0.05, 0.1) is 5.41 Å². The molecule has 4 bridgehead atoms. The van der Waals surface area contributed by atoms with Crippen molar-refractivity contribution >= 4 is 32.5 Å². The van der Waals surface area contributed by atoms with Crippen molar-refractivity contribution in [1.82, 2.24) is 0 Å². The normalized spacial score (nSPS) is 26.7. The molecule has 0 aromatic heterocycles. The topological polar surface area (TPSA) is 121 Å². The average molecular weight is 753 g/mol. The quantitative estimate of drug-likeness (QED) is 0.0473. The zero-order valence-electron chi connectivity index (χ0n) is 27.2. The van der Waals surface area contributed by atoms with Gasteiger partial charge in [-0.15, -0.1) is 0 Å². The first-order chi connectivity index (χ1) is 23.8. The molecule has 4 saturated carbocycles. The standard InChI is InChI=1S/C18H21F5O7S.C18H13OS/c1-9(2)12(24)30-16-6-10-3-11(7-16)5-15(4-10,8-16)14(25)29-13(17(19,20)21)18(22,23)31(26,27)28;1-2-8-14(9-3-1)20-17-12-6-4-10-15(17)19-16-11-5-7-13-18(16)20/h10-11,13H,1,3-8H2,2H3,(H,26,27,28);1-13H/q;+1/p-1. The average Bonchev–Trinajstić information content (AvgIpc) is 3.04. The summed E-state index contributed by atoms with van der Waals surface area (Å²) in [7, 11) is -6.87. The van der Waals surface area contributed by atoms with Gasteiger partial charge in [-0.3, -0.25) is 4.79 Å². The zero-order chi connectivity index (χ0) is 37.0. The minimum atomic E-state index is -6.78. The molecule has 8 rings (SSSR count). The molecular weight excluding hydrogens is 720 g/mol. The monoisotopic (exact) mass is 752 g/mol. The molecule has 8 nitrogen and oxygen atoms in total. The lowest BCUT2D eigenvalue weighted by Gasteiger charge is -2.59. The van der Waals surface area contributed by atoms with Crippen LogP contribution in [-0.4, -0.2) is 48.0 Å².